The van der Waals surface area contributed by atoms with Gasteiger partial charge in [-0.15, -0.1) is 0 Å². The van der Waals surface area contributed by atoms with Crippen molar-refractivity contribution in [2.24, 2.45) is 0 Å². The Labute approximate surface area is 59.2 Å². The first-order valence-electron chi connectivity index (χ1n) is 2.55. The van der Waals surface area contributed by atoms with E-state index in [1.165, 1.54) is 12.1 Å². The number of aromatic nitrogens is 1. The summed E-state index contributed by atoms with van der Waals surface area (Å²) in [5.74, 6) is 0. The third kappa shape index (κ3) is 6.13. The van der Waals surface area contributed by atoms with Crippen LogP contribution in [0.3, 0.4) is 0 Å². The van der Waals surface area contributed by atoms with E-state index in [0.717, 1.165) is 0 Å². The molecule has 0 atom stereocenters. The molecule has 1 aromatic heterocycles. The highest BCUT2D eigenvalue weighted by Gasteiger charge is 1.58. The van der Waals surface area contributed by atoms with Crippen LogP contribution in [0.2, 0.25) is 0 Å². The van der Waals surface area contributed by atoms with Crippen molar-refractivity contribution in [2.45, 2.75) is 0 Å². The SMILES string of the molecule is N#CC#N.c1ccncc1. The highest BCUT2D eigenvalue weighted by atomic mass is 14.6. The molecular formula is C7H5N3. The molecule has 0 amide bonds. The minimum atomic E-state index is 1.24. The van der Waals surface area contributed by atoms with Crippen molar-refractivity contribution in [2.75, 3.05) is 0 Å². The smallest absolute Gasteiger partial charge is 0.181 e. The Morgan fingerprint density at radius 3 is 1.50 bits per heavy atom. The molecule has 0 aromatic carbocycles. The van der Waals surface area contributed by atoms with Crippen LogP contribution in [0.1, 0.15) is 0 Å². The second-order valence-electron chi connectivity index (χ2n) is 1.25. The van der Waals surface area contributed by atoms with Gasteiger partial charge in [0, 0.05) is 12.4 Å². The zero-order chi connectivity index (χ0) is 7.66. The number of hydrogen-bond donors (Lipinski definition) is 0. The Morgan fingerprint density at radius 2 is 1.40 bits per heavy atom. The Morgan fingerprint density at radius 1 is 0.900 bits per heavy atom. The van der Waals surface area contributed by atoms with Crippen LogP contribution in [0.25, 0.3) is 0 Å². The van der Waals surface area contributed by atoms with Crippen LogP contribution in [0.5, 0.6) is 0 Å². The molecule has 0 N–H and O–H groups in total. The predicted molar refractivity (Wildman–Crippen MR) is 35.5 cm³/mol. The molecule has 48 valence electrons. The van der Waals surface area contributed by atoms with Gasteiger partial charge in [0.15, 0.2) is 12.1 Å². The van der Waals surface area contributed by atoms with Crippen molar-refractivity contribution in [3.8, 4) is 12.1 Å². The van der Waals surface area contributed by atoms with E-state index >= 15 is 0 Å². The average molecular weight is 131 g/mol. The predicted octanol–water partition coefficient (Wildman–Crippen LogP) is 1.12. The molecule has 0 fully saturated rings. The third-order valence-electron chi connectivity index (χ3n) is 0.616. The molecular weight excluding hydrogens is 126 g/mol. The minimum Gasteiger partial charge on any atom is -0.265 e. The Balaban J connectivity index is 0.000000180. The van der Waals surface area contributed by atoms with Crippen LogP contribution in [0.4, 0.5) is 0 Å². The first-order valence-corrected chi connectivity index (χ1v) is 2.55. The van der Waals surface area contributed by atoms with Gasteiger partial charge in [0.25, 0.3) is 0 Å². The van der Waals surface area contributed by atoms with Gasteiger partial charge in [0.2, 0.25) is 0 Å². The molecule has 1 rings (SSSR count). The monoisotopic (exact) mass is 131 g/mol. The quantitative estimate of drug-likeness (QED) is 0.530. The Bertz CT molecular complexity index is 191. The van der Waals surface area contributed by atoms with Gasteiger partial charge in [-0.05, 0) is 12.1 Å². The lowest BCUT2D eigenvalue weighted by atomic mass is 10.5. The van der Waals surface area contributed by atoms with E-state index in [2.05, 4.69) is 4.98 Å². The van der Waals surface area contributed by atoms with Crippen LogP contribution in [-0.2, 0) is 0 Å². The fraction of sp³-hybridized carbons (Fsp3) is 0. The lowest BCUT2D eigenvalue weighted by Crippen LogP contribution is -1.58. The number of nitrogens with zero attached hydrogens (tertiary/aromatic N) is 3. The highest BCUT2D eigenvalue weighted by molar-refractivity contribution is 4.99. The normalized spacial score (nSPS) is 5.80. The molecule has 0 aliphatic carbocycles. The second-order valence-corrected chi connectivity index (χ2v) is 1.25. The first-order chi connectivity index (χ1) is 4.91. The topological polar surface area (TPSA) is 60.5 Å². The molecule has 0 saturated carbocycles. The van der Waals surface area contributed by atoms with Crippen molar-refractivity contribution in [3.05, 3.63) is 30.6 Å². The second kappa shape index (κ2) is 7.13. The van der Waals surface area contributed by atoms with Gasteiger partial charge in [-0.25, -0.2) is 0 Å². The summed E-state index contributed by atoms with van der Waals surface area (Å²) in [5, 5.41) is 14.5. The van der Waals surface area contributed by atoms with Crippen LogP contribution < -0.4 is 0 Å². The fourth-order valence-electron chi connectivity index (χ4n) is 0.313. The average Bonchev–Trinajstić information content (AvgIpc) is 2.08. The summed E-state index contributed by atoms with van der Waals surface area (Å²) in [7, 11) is 0. The van der Waals surface area contributed by atoms with E-state index in [1.807, 2.05) is 18.2 Å². The summed E-state index contributed by atoms with van der Waals surface area (Å²) in [6, 6.07) is 8.19. The maximum absolute atomic E-state index is 7.26. The lowest BCUT2D eigenvalue weighted by Gasteiger charge is -1.70. The van der Waals surface area contributed by atoms with Crippen molar-refractivity contribution in [1.82, 2.24) is 4.98 Å². The molecule has 1 aromatic rings. The third-order valence-corrected chi connectivity index (χ3v) is 0.616. The van der Waals surface area contributed by atoms with Gasteiger partial charge < -0.3 is 0 Å². The highest BCUT2D eigenvalue weighted by Crippen LogP contribution is 1.73. The number of rotatable bonds is 0. The molecule has 0 radical (unpaired) electrons. The summed E-state index contributed by atoms with van der Waals surface area (Å²) >= 11 is 0. The molecule has 3 heteroatoms. The van der Waals surface area contributed by atoms with Crippen LogP contribution in [-0.4, -0.2) is 4.98 Å². The molecule has 10 heavy (non-hydrogen) atoms. The van der Waals surface area contributed by atoms with Gasteiger partial charge in [-0.1, -0.05) is 6.07 Å². The number of hydrogen-bond acceptors (Lipinski definition) is 3. The van der Waals surface area contributed by atoms with E-state index in [0.29, 0.717) is 0 Å². The first kappa shape index (κ1) is 8.13. The van der Waals surface area contributed by atoms with E-state index in [9.17, 15) is 0 Å². The minimum absolute atomic E-state index is 1.24. The summed E-state index contributed by atoms with van der Waals surface area (Å²) in [4.78, 5) is 3.78. The molecule has 0 unspecified atom stereocenters. The van der Waals surface area contributed by atoms with Crippen molar-refractivity contribution < 1.29 is 0 Å². The zero-order valence-corrected chi connectivity index (χ0v) is 5.23. The van der Waals surface area contributed by atoms with Crippen LogP contribution in [0, 0.1) is 22.7 Å². The van der Waals surface area contributed by atoms with Gasteiger partial charge in [-0.2, -0.15) is 10.5 Å². The Hall–Kier alpha value is -1.87. The molecule has 0 spiro atoms. The van der Waals surface area contributed by atoms with Crippen molar-refractivity contribution >= 4 is 0 Å². The van der Waals surface area contributed by atoms with E-state index < -0.39 is 0 Å². The number of pyridine rings is 1. The number of nitriles is 2. The molecule has 3 nitrogen and oxygen atoms in total. The zero-order valence-electron chi connectivity index (χ0n) is 5.23. The standard InChI is InChI=1S/C5H5N.C2N2/c1-2-4-6-5-3-1;3-1-2-4/h1-5H;. The molecule has 1 heterocycles. The summed E-state index contributed by atoms with van der Waals surface area (Å²) in [5.41, 5.74) is 0. The van der Waals surface area contributed by atoms with E-state index in [4.69, 9.17) is 10.5 Å². The van der Waals surface area contributed by atoms with Gasteiger partial charge >= 0.3 is 0 Å². The van der Waals surface area contributed by atoms with E-state index in [-0.39, 0.29) is 0 Å². The lowest BCUT2D eigenvalue weighted by molar-refractivity contribution is 1.33. The van der Waals surface area contributed by atoms with Gasteiger partial charge in [-0.3, -0.25) is 4.98 Å². The summed E-state index contributed by atoms with van der Waals surface area (Å²) < 4.78 is 0. The van der Waals surface area contributed by atoms with E-state index in [1.54, 1.807) is 12.4 Å². The van der Waals surface area contributed by atoms with Crippen molar-refractivity contribution in [1.29, 1.82) is 10.5 Å². The molecule has 0 saturated heterocycles. The summed E-state index contributed by atoms with van der Waals surface area (Å²) in [6.07, 6.45) is 3.50. The fourth-order valence-corrected chi connectivity index (χ4v) is 0.313. The maximum atomic E-state index is 7.26. The molecule has 0 bridgehead atoms. The van der Waals surface area contributed by atoms with Gasteiger partial charge in [0.05, 0.1) is 0 Å². The van der Waals surface area contributed by atoms with Crippen LogP contribution >= 0.6 is 0 Å². The largest absolute Gasteiger partial charge is 0.265 e. The molecule has 0 aliphatic heterocycles. The van der Waals surface area contributed by atoms with Gasteiger partial charge in [0.1, 0.15) is 0 Å². The summed E-state index contributed by atoms with van der Waals surface area (Å²) in [6.45, 7) is 0. The Kier molecular flexibility index (Phi) is 5.80. The maximum Gasteiger partial charge on any atom is 0.181 e. The van der Waals surface area contributed by atoms with Crippen LogP contribution in [0.15, 0.2) is 30.6 Å². The van der Waals surface area contributed by atoms with Crippen molar-refractivity contribution in [3.63, 3.8) is 0 Å². The molecule has 0 aliphatic rings.